The van der Waals surface area contributed by atoms with Gasteiger partial charge in [0.05, 0.1) is 51.7 Å². The third-order valence-electron chi connectivity index (χ3n) is 13.2. The number of hydrogen-bond donors (Lipinski definition) is 5. The number of carbonyl (C=O) groups is 3. The quantitative estimate of drug-likeness (QED) is 0.0470. The summed E-state index contributed by atoms with van der Waals surface area (Å²) in [5.74, 6) is -1.94. The lowest BCUT2D eigenvalue weighted by Crippen LogP contribution is -2.13. The molecule has 0 spiro atoms. The smallest absolute Gasteiger partial charge is 0.356 e. The second kappa shape index (κ2) is 30.8. The van der Waals surface area contributed by atoms with Gasteiger partial charge in [0.2, 0.25) is 17.8 Å². The van der Waals surface area contributed by atoms with Crippen LogP contribution in [0.2, 0.25) is 0 Å². The van der Waals surface area contributed by atoms with Crippen LogP contribution in [0.1, 0.15) is 132 Å². The lowest BCUT2D eigenvalue weighted by molar-refractivity contribution is 0.0692. The molecular formula is C62H58F3N19O4S3. The van der Waals surface area contributed by atoms with Crippen LogP contribution in [0.25, 0.3) is 31.0 Å². The van der Waals surface area contributed by atoms with Crippen molar-refractivity contribution in [3.63, 3.8) is 0 Å². The summed E-state index contributed by atoms with van der Waals surface area (Å²) in [7, 11) is 0. The molecule has 3 atom stereocenters. The van der Waals surface area contributed by atoms with Crippen molar-refractivity contribution in [1.82, 2.24) is 74.8 Å². The highest BCUT2D eigenvalue weighted by Crippen LogP contribution is 2.30. The number of thiazole rings is 3. The Morgan fingerprint density at radius 1 is 0.462 bits per heavy atom. The first-order chi connectivity index (χ1) is 43.8. The molecule has 0 fully saturated rings. The summed E-state index contributed by atoms with van der Waals surface area (Å²) in [6, 6.07) is 14.6. The molecule has 91 heavy (non-hydrogen) atoms. The summed E-state index contributed by atoms with van der Waals surface area (Å²) in [5.41, 5.74) is 12.1. The van der Waals surface area contributed by atoms with Gasteiger partial charge in [-0.1, -0.05) is 18.2 Å². The van der Waals surface area contributed by atoms with Crippen molar-refractivity contribution in [1.29, 1.82) is 0 Å². The van der Waals surface area contributed by atoms with Crippen molar-refractivity contribution in [2.45, 2.75) is 91.9 Å². The maximum atomic E-state index is 13.5. The molecule has 23 nitrogen and oxygen atoms in total. The summed E-state index contributed by atoms with van der Waals surface area (Å²) in [5, 5.41) is 20.8. The van der Waals surface area contributed by atoms with E-state index in [0.717, 1.165) is 45.3 Å². The number of hydrogen-bond acceptors (Lipinski definition) is 25. The number of halogens is 3. The molecule has 0 aliphatic heterocycles. The number of carboxylic acid groups (broad SMARTS) is 1. The number of aryl methyl sites for hydroxylation is 5. The van der Waals surface area contributed by atoms with E-state index >= 15 is 0 Å². The molecule has 0 aliphatic carbocycles. The molecular weight excluding hydrogens is 1230 g/mol. The molecule has 0 saturated carbocycles. The van der Waals surface area contributed by atoms with E-state index in [4.69, 9.17) is 5.73 Å². The Morgan fingerprint density at radius 3 is 1.09 bits per heavy atom. The van der Waals surface area contributed by atoms with Gasteiger partial charge in [-0.25, -0.2) is 47.9 Å². The largest absolute Gasteiger partial charge is 0.476 e. The van der Waals surface area contributed by atoms with Gasteiger partial charge in [0.25, 0.3) is 0 Å². The molecule has 0 unspecified atom stereocenters. The van der Waals surface area contributed by atoms with Crippen LogP contribution in [0.3, 0.4) is 0 Å². The fourth-order valence-corrected chi connectivity index (χ4v) is 11.3. The van der Waals surface area contributed by atoms with E-state index in [9.17, 15) is 32.7 Å². The van der Waals surface area contributed by atoms with Gasteiger partial charge in [-0.15, -0.1) is 34.0 Å². The number of fused-ring (bicyclic) bond motifs is 3. The van der Waals surface area contributed by atoms with E-state index in [1.807, 2.05) is 64.1 Å². The van der Waals surface area contributed by atoms with E-state index < -0.39 is 23.4 Å². The van der Waals surface area contributed by atoms with E-state index in [0.29, 0.717) is 96.4 Å². The van der Waals surface area contributed by atoms with Gasteiger partial charge >= 0.3 is 5.97 Å². The van der Waals surface area contributed by atoms with Crippen molar-refractivity contribution < 1.29 is 32.7 Å². The minimum atomic E-state index is -1.15. The summed E-state index contributed by atoms with van der Waals surface area (Å²) >= 11 is 4.02. The second-order valence-electron chi connectivity index (χ2n) is 20.2. The number of nitrogens with two attached hydrogens (primary N) is 1. The predicted molar refractivity (Wildman–Crippen MR) is 341 cm³/mol. The van der Waals surface area contributed by atoms with Gasteiger partial charge in [0.15, 0.2) is 34.2 Å². The number of ketones is 2. The molecule has 0 amide bonds. The molecule has 12 aromatic rings. The highest BCUT2D eigenvalue weighted by atomic mass is 32.1. The summed E-state index contributed by atoms with van der Waals surface area (Å²) in [4.78, 5) is 100. The van der Waals surface area contributed by atoms with Crippen molar-refractivity contribution in [2.75, 3.05) is 16.0 Å². The van der Waals surface area contributed by atoms with Crippen LogP contribution >= 0.6 is 34.0 Å². The molecule has 12 rings (SSSR count). The predicted octanol–water partition coefficient (Wildman–Crippen LogP) is 12.0. The first kappa shape index (κ1) is 65.2. The zero-order valence-electron chi connectivity index (χ0n) is 49.7. The highest BCUT2D eigenvalue weighted by Gasteiger charge is 2.23. The SMILES string of the molecule is Cc1nc2nc(N[C@@H](C)c3cncc(F)c3)nc(C(=O)CCc3cccnc3)c2s1.Cc1nc2nc(N[C@@H](C)c3cncc(F)c3)nc(C(=O)CCc3cccnc3)c2s1.Cc1nc2nc(N[C@@H](C)c3cncc(F)c3)nc(C(=O)O)c2s1.NCc1cccnc1. The molecule has 464 valence electrons. The normalized spacial score (nSPS) is 11.9. The molecule has 0 radical (unpaired) electrons. The van der Waals surface area contributed by atoms with Crippen LogP contribution in [0.15, 0.2) is 129 Å². The number of pyridine rings is 6. The van der Waals surface area contributed by atoms with Crippen LogP contribution in [-0.2, 0) is 19.4 Å². The number of carbonyl (C=O) groups excluding carboxylic acids is 2. The maximum absolute atomic E-state index is 13.5. The molecule has 0 bridgehead atoms. The van der Waals surface area contributed by atoms with Gasteiger partial charge in [-0.05, 0) is 124 Å². The minimum Gasteiger partial charge on any atom is -0.476 e. The number of aromatic nitrogens is 15. The molecule has 0 aromatic carbocycles. The molecule has 6 N–H and O–H groups in total. The Kier molecular flexibility index (Phi) is 22.1. The van der Waals surface area contributed by atoms with E-state index in [2.05, 4.69) is 90.7 Å². The zero-order valence-corrected chi connectivity index (χ0v) is 52.2. The van der Waals surface area contributed by atoms with Crippen molar-refractivity contribution in [2.24, 2.45) is 5.73 Å². The van der Waals surface area contributed by atoms with E-state index in [1.54, 1.807) is 63.4 Å². The fourth-order valence-electron chi connectivity index (χ4n) is 8.69. The van der Waals surface area contributed by atoms with Crippen LogP contribution in [-0.4, -0.2) is 97.4 Å². The zero-order chi connectivity index (χ0) is 64.6. The minimum absolute atomic E-state index is 0.0852. The number of carboxylic acids is 1. The maximum Gasteiger partial charge on any atom is 0.356 e. The van der Waals surface area contributed by atoms with Crippen molar-refractivity contribution in [3.05, 3.63) is 212 Å². The number of nitrogens with zero attached hydrogens (tertiary/aromatic N) is 15. The summed E-state index contributed by atoms with van der Waals surface area (Å²) in [6.07, 6.45) is 20.2. The Labute approximate surface area is 530 Å². The van der Waals surface area contributed by atoms with Gasteiger partial charge in [0.1, 0.15) is 42.9 Å². The number of anilines is 3. The van der Waals surface area contributed by atoms with Crippen molar-refractivity contribution in [3.8, 4) is 0 Å². The third kappa shape index (κ3) is 18.0. The van der Waals surface area contributed by atoms with Crippen LogP contribution < -0.4 is 21.7 Å². The highest BCUT2D eigenvalue weighted by molar-refractivity contribution is 7.19. The first-order valence-corrected chi connectivity index (χ1v) is 30.5. The molecule has 12 aromatic heterocycles. The lowest BCUT2D eigenvalue weighted by atomic mass is 10.1. The van der Waals surface area contributed by atoms with Gasteiger partial charge in [0, 0.05) is 75.2 Å². The number of nitrogens with one attached hydrogen (secondary N) is 3. The monoisotopic (exact) mass is 1290 g/mol. The molecule has 0 saturated heterocycles. The first-order valence-electron chi connectivity index (χ1n) is 28.1. The average molecular weight is 1290 g/mol. The third-order valence-corrected chi connectivity index (χ3v) is 16.1. The molecule has 0 aliphatic rings. The molecule has 29 heteroatoms. The standard InChI is InChI=1S/2C21H19FN6OS.C14H12FN5O2S.C6H8N2/c2*1-12(15-8-16(22)11-24-10-15)25-21-27-18(19-20(28-21)26-13(2)30-19)17(29)6-5-14-4-3-7-23-9-14;1-6(8-3-9(15)5-16-4-8)17-14-19-10(13(21)22)11-12(20-14)18-7(2)23-11;7-4-6-2-1-3-8-5-6/h2*3-4,7-12H,5-6H2,1-2H3,(H,25,27,28);3-6H,1-2H3,(H,21,22)(H,17,19,20);1-3,5H,4,7H2/t2*12-;6-;/m000./s1. The van der Waals surface area contributed by atoms with Crippen LogP contribution in [0.4, 0.5) is 31.0 Å². The Balaban J connectivity index is 0.000000153. The average Bonchev–Trinajstić information content (AvgIpc) is 2.96. The van der Waals surface area contributed by atoms with E-state index in [-0.39, 0.29) is 53.2 Å². The van der Waals surface area contributed by atoms with Crippen LogP contribution in [0, 0.1) is 38.2 Å². The summed E-state index contributed by atoms with van der Waals surface area (Å²) in [6.45, 7) is 11.5. The fraction of sp³-hybridized carbons (Fsp3) is 0.226. The van der Waals surface area contributed by atoms with Gasteiger partial charge < -0.3 is 26.8 Å². The molecule has 12 heterocycles. The topological polar surface area (TPSA) is 327 Å². The lowest BCUT2D eigenvalue weighted by Gasteiger charge is -2.14. The number of Topliss-reactive ketones (excluding diaryl/α,β-unsaturated/α-hetero) is 2. The Morgan fingerprint density at radius 2 is 0.791 bits per heavy atom. The summed E-state index contributed by atoms with van der Waals surface area (Å²) < 4.78 is 42.0. The van der Waals surface area contributed by atoms with Crippen molar-refractivity contribution >= 4 is 100 Å². The van der Waals surface area contributed by atoms with Gasteiger partial charge in [-0.2, -0.15) is 15.0 Å². The number of aromatic carboxylic acids is 1. The van der Waals surface area contributed by atoms with Gasteiger partial charge in [-0.3, -0.25) is 39.5 Å². The Bertz CT molecular complexity index is 4290. The number of rotatable bonds is 19. The van der Waals surface area contributed by atoms with E-state index in [1.165, 1.54) is 58.4 Å². The Hall–Kier alpha value is -10.2. The van der Waals surface area contributed by atoms with Crippen LogP contribution in [0.5, 0.6) is 0 Å². The second-order valence-corrected chi connectivity index (χ2v) is 23.8.